The van der Waals surface area contributed by atoms with Crippen LogP contribution in [0.3, 0.4) is 0 Å². The molecule has 1 atom stereocenters. The number of carbonyl (C=O) groups is 2. The average Bonchev–Trinajstić information content (AvgIpc) is 3.39. The van der Waals surface area contributed by atoms with Crippen LogP contribution in [0.1, 0.15) is 50.8 Å². The molecule has 148 valence electrons. The summed E-state index contributed by atoms with van der Waals surface area (Å²) in [7, 11) is 1.53. The zero-order chi connectivity index (χ0) is 20.0. The Hall–Kier alpha value is -2.97. The Balaban J connectivity index is 1.80. The average molecular weight is 386 g/mol. The van der Waals surface area contributed by atoms with Crippen LogP contribution in [0.2, 0.25) is 0 Å². The number of hydrogen-bond donors (Lipinski definition) is 1. The first-order valence-corrected chi connectivity index (χ1v) is 9.45. The van der Waals surface area contributed by atoms with E-state index in [0.717, 1.165) is 31.2 Å². The molecule has 3 aliphatic rings. The van der Waals surface area contributed by atoms with Gasteiger partial charge < -0.3 is 20.2 Å². The van der Waals surface area contributed by atoms with Gasteiger partial charge in [-0.15, -0.1) is 0 Å². The fourth-order valence-electron chi connectivity index (χ4n) is 3.92. The van der Waals surface area contributed by atoms with Crippen LogP contribution >= 0.6 is 0 Å². The third-order valence-electron chi connectivity index (χ3n) is 5.59. The second-order valence-corrected chi connectivity index (χ2v) is 7.60. The minimum atomic E-state index is -0.769. The molecule has 0 aromatic carbocycles. The van der Waals surface area contributed by atoms with E-state index in [-0.39, 0.29) is 11.6 Å². The SMILES string of the molecule is CC1=C(C(=O)OCC2CC2)C(c2ncc([N+](=O)[O-])n2C)C2=C(CCCC2=O)N1. The molecule has 1 saturated carbocycles. The number of aromatic nitrogens is 2. The molecule has 2 heterocycles. The number of nitro groups is 1. The number of esters is 1. The van der Waals surface area contributed by atoms with E-state index in [1.165, 1.54) is 11.6 Å². The Labute approximate surface area is 161 Å². The second kappa shape index (κ2) is 6.88. The molecule has 0 saturated heterocycles. The van der Waals surface area contributed by atoms with E-state index in [9.17, 15) is 19.7 Å². The highest BCUT2D eigenvalue weighted by molar-refractivity contribution is 6.03. The normalized spacial score (nSPS) is 22.1. The van der Waals surface area contributed by atoms with Crippen LogP contribution in [0.4, 0.5) is 5.82 Å². The number of hydrogen-bond acceptors (Lipinski definition) is 7. The Morgan fingerprint density at radius 1 is 1.43 bits per heavy atom. The summed E-state index contributed by atoms with van der Waals surface area (Å²) in [5.41, 5.74) is 2.14. The van der Waals surface area contributed by atoms with Crippen molar-refractivity contribution in [2.45, 2.75) is 44.9 Å². The standard InChI is InChI=1S/C19H22N4O5/c1-10-15(19(25)28-9-11-6-7-11)17(16-12(21-10)4-3-5-13(16)24)18-20-8-14(22(18)2)23(26)27/h8,11,17,21H,3-7,9H2,1-2H3. The smallest absolute Gasteiger partial charge is 0.342 e. The maximum Gasteiger partial charge on any atom is 0.342 e. The van der Waals surface area contributed by atoms with Crippen molar-refractivity contribution in [3.05, 3.63) is 44.7 Å². The molecule has 1 aliphatic heterocycles. The molecule has 2 aliphatic carbocycles. The Bertz CT molecular complexity index is 938. The molecule has 4 rings (SSSR count). The van der Waals surface area contributed by atoms with E-state index in [1.54, 1.807) is 6.92 Å². The number of nitrogens with zero attached hydrogens (tertiary/aromatic N) is 3. The Morgan fingerprint density at radius 2 is 2.18 bits per heavy atom. The summed E-state index contributed by atoms with van der Waals surface area (Å²) in [4.78, 5) is 40.7. The van der Waals surface area contributed by atoms with Crippen molar-refractivity contribution >= 4 is 17.6 Å². The van der Waals surface area contributed by atoms with E-state index in [1.807, 2.05) is 0 Å². The number of nitrogens with one attached hydrogen (secondary N) is 1. The maximum absolute atomic E-state index is 12.9. The first-order chi connectivity index (χ1) is 13.4. The van der Waals surface area contributed by atoms with Gasteiger partial charge >= 0.3 is 11.8 Å². The molecule has 0 bridgehead atoms. The fraction of sp³-hybridized carbons (Fsp3) is 0.526. The van der Waals surface area contributed by atoms with Gasteiger partial charge in [-0.2, -0.15) is 0 Å². The summed E-state index contributed by atoms with van der Waals surface area (Å²) in [5.74, 6) is -0.826. The largest absolute Gasteiger partial charge is 0.462 e. The quantitative estimate of drug-likeness (QED) is 0.469. The van der Waals surface area contributed by atoms with Crippen molar-refractivity contribution in [2.24, 2.45) is 13.0 Å². The zero-order valence-corrected chi connectivity index (χ0v) is 15.9. The predicted octanol–water partition coefficient (Wildman–Crippen LogP) is 2.25. The highest BCUT2D eigenvalue weighted by atomic mass is 16.6. The Kier molecular flexibility index (Phi) is 4.52. The van der Waals surface area contributed by atoms with Crippen LogP contribution < -0.4 is 5.32 Å². The van der Waals surface area contributed by atoms with Gasteiger partial charge in [-0.25, -0.2) is 14.3 Å². The second-order valence-electron chi connectivity index (χ2n) is 7.60. The molecule has 28 heavy (non-hydrogen) atoms. The van der Waals surface area contributed by atoms with Crippen molar-refractivity contribution in [3.8, 4) is 0 Å². The number of Topliss-reactive ketones (excluding diaryl/α,β-unsaturated/α-hetero) is 1. The highest BCUT2D eigenvalue weighted by Crippen LogP contribution is 2.42. The van der Waals surface area contributed by atoms with Gasteiger partial charge in [0.05, 0.1) is 19.2 Å². The molecule has 1 unspecified atom stereocenters. The molecule has 1 aromatic heterocycles. The first kappa shape index (κ1) is 18.4. The van der Waals surface area contributed by atoms with Crippen molar-refractivity contribution in [1.29, 1.82) is 0 Å². The lowest BCUT2D eigenvalue weighted by molar-refractivity contribution is -0.391. The lowest BCUT2D eigenvalue weighted by Crippen LogP contribution is -2.35. The molecule has 1 aromatic rings. The summed E-state index contributed by atoms with van der Waals surface area (Å²) in [5, 5.41) is 14.5. The minimum absolute atomic E-state index is 0.0654. The summed E-state index contributed by atoms with van der Waals surface area (Å²) in [6, 6.07) is 0. The van der Waals surface area contributed by atoms with Crippen LogP contribution in [0, 0.1) is 16.0 Å². The molecule has 0 amide bonds. The van der Waals surface area contributed by atoms with Crippen molar-refractivity contribution in [2.75, 3.05) is 6.61 Å². The van der Waals surface area contributed by atoms with Gasteiger partial charge in [-0.1, -0.05) is 0 Å². The third kappa shape index (κ3) is 3.10. The molecule has 9 nitrogen and oxygen atoms in total. The van der Waals surface area contributed by atoms with Gasteiger partial charge in [0.1, 0.15) is 12.1 Å². The van der Waals surface area contributed by atoms with E-state index >= 15 is 0 Å². The molecule has 9 heteroatoms. The maximum atomic E-state index is 12.9. The van der Waals surface area contributed by atoms with Gasteiger partial charge in [0.25, 0.3) is 0 Å². The predicted molar refractivity (Wildman–Crippen MR) is 98.0 cm³/mol. The number of ketones is 1. The number of ether oxygens (including phenoxy) is 1. The van der Waals surface area contributed by atoms with E-state index in [2.05, 4.69) is 10.3 Å². The van der Waals surface area contributed by atoms with E-state index < -0.39 is 16.8 Å². The van der Waals surface area contributed by atoms with Gasteiger partial charge in [-0.3, -0.25) is 4.79 Å². The third-order valence-corrected chi connectivity index (χ3v) is 5.59. The van der Waals surface area contributed by atoms with E-state index in [0.29, 0.717) is 48.0 Å². The topological polar surface area (TPSA) is 116 Å². The Morgan fingerprint density at radius 3 is 2.82 bits per heavy atom. The van der Waals surface area contributed by atoms with E-state index in [4.69, 9.17) is 4.74 Å². The molecular formula is C19H22N4O5. The molecule has 1 fully saturated rings. The number of carbonyl (C=O) groups excluding carboxylic acids is 2. The molecular weight excluding hydrogens is 364 g/mol. The van der Waals surface area contributed by atoms with Crippen molar-refractivity contribution < 1.29 is 19.2 Å². The van der Waals surface area contributed by atoms with Gasteiger partial charge in [-0.05, 0) is 43.4 Å². The molecule has 0 spiro atoms. The van der Waals surface area contributed by atoms with Crippen LogP contribution in [-0.4, -0.2) is 32.8 Å². The van der Waals surface area contributed by atoms with Crippen LogP contribution in [0.25, 0.3) is 0 Å². The minimum Gasteiger partial charge on any atom is -0.462 e. The number of imidazole rings is 1. The van der Waals surface area contributed by atoms with Gasteiger partial charge in [0.15, 0.2) is 5.78 Å². The van der Waals surface area contributed by atoms with Crippen molar-refractivity contribution in [1.82, 2.24) is 14.9 Å². The molecule has 0 radical (unpaired) electrons. The number of dihydropyridines is 1. The lowest BCUT2D eigenvalue weighted by atomic mass is 9.78. The van der Waals surface area contributed by atoms with Crippen LogP contribution in [-0.2, 0) is 21.4 Å². The molecule has 1 N–H and O–H groups in total. The van der Waals surface area contributed by atoms with Crippen molar-refractivity contribution in [3.63, 3.8) is 0 Å². The van der Waals surface area contributed by atoms with Gasteiger partial charge in [0, 0.05) is 23.4 Å². The van der Waals surface area contributed by atoms with Crippen LogP contribution in [0.15, 0.2) is 28.7 Å². The zero-order valence-electron chi connectivity index (χ0n) is 15.9. The summed E-state index contributed by atoms with van der Waals surface area (Å²) >= 11 is 0. The fourth-order valence-corrected chi connectivity index (χ4v) is 3.92. The first-order valence-electron chi connectivity index (χ1n) is 9.45. The van der Waals surface area contributed by atoms with Crippen LogP contribution in [0.5, 0.6) is 0 Å². The number of rotatable bonds is 5. The van der Waals surface area contributed by atoms with Gasteiger partial charge in [0.2, 0.25) is 5.82 Å². The summed E-state index contributed by atoms with van der Waals surface area (Å²) in [6.45, 7) is 2.11. The summed E-state index contributed by atoms with van der Waals surface area (Å²) < 4.78 is 6.83. The monoisotopic (exact) mass is 386 g/mol. The summed E-state index contributed by atoms with van der Waals surface area (Å²) in [6.07, 6.45) is 5.05. The number of allylic oxidation sites excluding steroid dienone is 3. The lowest BCUT2D eigenvalue weighted by Gasteiger charge is -2.32. The highest BCUT2D eigenvalue weighted by Gasteiger charge is 2.43.